The van der Waals surface area contributed by atoms with E-state index in [2.05, 4.69) is 16.2 Å². The number of carbonyl (C=O) groups is 2. The van der Waals surface area contributed by atoms with Gasteiger partial charge < -0.3 is 9.80 Å². The number of fused-ring (bicyclic) bond motifs is 1. The average Bonchev–Trinajstić information content (AvgIpc) is 3.53. The molecule has 0 radical (unpaired) electrons. The Balaban J connectivity index is 1.21. The van der Waals surface area contributed by atoms with Gasteiger partial charge in [-0.15, -0.1) is 0 Å². The number of nitrogens with one attached hydrogen (secondary N) is 1. The number of nitrogens with zero attached hydrogens (tertiary/aromatic N) is 4. The molecule has 0 bridgehead atoms. The summed E-state index contributed by atoms with van der Waals surface area (Å²) >= 11 is 6.34. The molecule has 0 spiro atoms. The minimum absolute atomic E-state index is 0.0538. The van der Waals surface area contributed by atoms with Crippen LogP contribution in [0.25, 0.3) is 0 Å². The molecule has 1 aromatic carbocycles. The van der Waals surface area contributed by atoms with Crippen molar-refractivity contribution in [3.8, 4) is 0 Å². The SMILES string of the molecule is C=CC(=O)N1CC(N2CCN(C(=O)CN3c4cc(C5CC5)c(Cl)cc4NS3(=O)=O)CC2)C1. The molecule has 172 valence electrons. The number of anilines is 2. The molecule has 4 aliphatic rings. The first-order chi connectivity index (χ1) is 15.3. The van der Waals surface area contributed by atoms with Crippen LogP contribution < -0.4 is 9.03 Å². The van der Waals surface area contributed by atoms with Crippen LogP contribution in [0.4, 0.5) is 11.4 Å². The second-order valence-electron chi connectivity index (χ2n) is 8.80. The number of piperazine rings is 1. The summed E-state index contributed by atoms with van der Waals surface area (Å²) in [5.41, 5.74) is 1.85. The average molecular weight is 480 g/mol. The molecule has 3 heterocycles. The fourth-order valence-electron chi connectivity index (χ4n) is 4.62. The van der Waals surface area contributed by atoms with Crippen LogP contribution in [0.5, 0.6) is 0 Å². The number of rotatable bonds is 5. The lowest BCUT2D eigenvalue weighted by Gasteiger charge is -2.47. The van der Waals surface area contributed by atoms with Gasteiger partial charge in [-0.05, 0) is 42.5 Å². The molecule has 0 aromatic heterocycles. The molecule has 5 rings (SSSR count). The van der Waals surface area contributed by atoms with E-state index in [4.69, 9.17) is 11.6 Å². The molecule has 11 heteroatoms. The van der Waals surface area contributed by atoms with E-state index in [-0.39, 0.29) is 18.4 Å². The molecular formula is C21H26ClN5O4S. The molecule has 32 heavy (non-hydrogen) atoms. The maximum Gasteiger partial charge on any atom is 0.324 e. The van der Waals surface area contributed by atoms with Gasteiger partial charge >= 0.3 is 10.2 Å². The number of benzene rings is 1. The molecule has 2 saturated heterocycles. The topological polar surface area (TPSA) is 93.3 Å². The van der Waals surface area contributed by atoms with Crippen molar-refractivity contribution in [3.63, 3.8) is 0 Å². The molecule has 3 fully saturated rings. The third kappa shape index (κ3) is 3.84. The van der Waals surface area contributed by atoms with Crippen LogP contribution in [-0.2, 0) is 19.8 Å². The van der Waals surface area contributed by atoms with E-state index in [0.29, 0.717) is 67.6 Å². The smallest absolute Gasteiger partial charge is 0.324 e. The maximum atomic E-state index is 13.0. The van der Waals surface area contributed by atoms with Gasteiger partial charge in [-0.25, -0.2) is 4.31 Å². The van der Waals surface area contributed by atoms with Gasteiger partial charge in [-0.3, -0.25) is 19.2 Å². The predicted molar refractivity (Wildman–Crippen MR) is 122 cm³/mol. The van der Waals surface area contributed by atoms with Crippen LogP contribution in [0, 0.1) is 0 Å². The summed E-state index contributed by atoms with van der Waals surface area (Å²) < 4.78 is 29.1. The summed E-state index contributed by atoms with van der Waals surface area (Å²) in [6.45, 7) is 7.11. The zero-order valence-electron chi connectivity index (χ0n) is 17.7. The van der Waals surface area contributed by atoms with Gasteiger partial charge in [0.25, 0.3) is 0 Å². The fraction of sp³-hybridized carbons (Fsp3) is 0.524. The maximum absolute atomic E-state index is 13.0. The summed E-state index contributed by atoms with van der Waals surface area (Å²) in [6.07, 6.45) is 3.42. The van der Waals surface area contributed by atoms with Crippen LogP contribution in [0.3, 0.4) is 0 Å². The van der Waals surface area contributed by atoms with Crippen LogP contribution in [0.1, 0.15) is 24.3 Å². The van der Waals surface area contributed by atoms with Gasteiger partial charge in [-0.2, -0.15) is 8.42 Å². The van der Waals surface area contributed by atoms with E-state index in [0.717, 1.165) is 22.7 Å². The zero-order valence-corrected chi connectivity index (χ0v) is 19.2. The van der Waals surface area contributed by atoms with Gasteiger partial charge in [0.1, 0.15) is 6.54 Å². The Labute approximate surface area is 192 Å². The highest BCUT2D eigenvalue weighted by atomic mass is 35.5. The zero-order chi connectivity index (χ0) is 22.6. The van der Waals surface area contributed by atoms with Crippen molar-refractivity contribution in [1.82, 2.24) is 14.7 Å². The highest BCUT2D eigenvalue weighted by Gasteiger charge is 2.39. The number of likely N-dealkylation sites (tertiary alicyclic amines) is 1. The monoisotopic (exact) mass is 479 g/mol. The Morgan fingerprint density at radius 3 is 2.44 bits per heavy atom. The number of carbonyl (C=O) groups excluding carboxylic acids is 2. The molecule has 1 saturated carbocycles. The van der Waals surface area contributed by atoms with Crippen molar-refractivity contribution in [3.05, 3.63) is 35.4 Å². The quantitative estimate of drug-likeness (QED) is 0.641. The second kappa shape index (κ2) is 7.93. The third-order valence-electron chi connectivity index (χ3n) is 6.74. The first-order valence-corrected chi connectivity index (χ1v) is 12.7. The number of hydrogen-bond donors (Lipinski definition) is 1. The van der Waals surface area contributed by atoms with Crippen LogP contribution in [0.15, 0.2) is 24.8 Å². The standard InChI is InChI=1S/C21H26ClN5O4S/c1-2-20(28)26-11-15(12-26)24-5-7-25(8-6-24)21(29)13-27-19-9-16(14-3-4-14)17(22)10-18(19)23-32(27,30)31/h2,9-10,14-15,23H,1,3-8,11-13H2. The Kier molecular flexibility index (Phi) is 5.34. The summed E-state index contributed by atoms with van der Waals surface area (Å²) in [5, 5.41) is 0.558. The van der Waals surface area contributed by atoms with Gasteiger partial charge in [0.15, 0.2) is 0 Å². The Morgan fingerprint density at radius 2 is 1.81 bits per heavy atom. The van der Waals surface area contributed by atoms with Gasteiger partial charge in [0.05, 0.1) is 11.4 Å². The molecule has 1 aromatic rings. The van der Waals surface area contributed by atoms with E-state index in [9.17, 15) is 18.0 Å². The normalized spacial score (nSPS) is 22.8. The van der Waals surface area contributed by atoms with Crippen molar-refractivity contribution >= 4 is 45.0 Å². The summed E-state index contributed by atoms with van der Waals surface area (Å²) in [7, 11) is -3.83. The molecule has 9 nitrogen and oxygen atoms in total. The van der Waals surface area contributed by atoms with Gasteiger partial charge in [0, 0.05) is 50.3 Å². The second-order valence-corrected chi connectivity index (χ2v) is 10.8. The molecule has 2 amide bonds. The number of hydrogen-bond acceptors (Lipinski definition) is 5. The molecule has 1 aliphatic carbocycles. The van der Waals surface area contributed by atoms with E-state index in [1.807, 2.05) is 6.07 Å². The largest absolute Gasteiger partial charge is 0.339 e. The highest BCUT2D eigenvalue weighted by molar-refractivity contribution is 7.94. The lowest BCUT2D eigenvalue weighted by molar-refractivity contribution is -0.135. The van der Waals surface area contributed by atoms with Gasteiger partial charge in [0.2, 0.25) is 11.8 Å². The van der Waals surface area contributed by atoms with E-state index in [1.165, 1.54) is 6.08 Å². The minimum atomic E-state index is -3.83. The predicted octanol–water partition coefficient (Wildman–Crippen LogP) is 1.24. The molecule has 0 unspecified atom stereocenters. The van der Waals surface area contributed by atoms with Crippen LogP contribution in [-0.4, -0.2) is 86.8 Å². The lowest BCUT2D eigenvalue weighted by atomic mass is 10.1. The summed E-state index contributed by atoms with van der Waals surface area (Å²) in [4.78, 5) is 30.3. The number of amides is 2. The molecule has 0 atom stereocenters. The fourth-order valence-corrected chi connectivity index (χ4v) is 6.18. The van der Waals surface area contributed by atoms with Crippen molar-refractivity contribution < 1.29 is 18.0 Å². The summed E-state index contributed by atoms with van der Waals surface area (Å²) in [5.74, 6) is 0.0933. The molecular weight excluding hydrogens is 454 g/mol. The van der Waals surface area contributed by atoms with Crippen LogP contribution in [0.2, 0.25) is 5.02 Å². The molecule has 3 aliphatic heterocycles. The Hall–Kier alpha value is -2.30. The van der Waals surface area contributed by atoms with E-state index >= 15 is 0 Å². The van der Waals surface area contributed by atoms with Crippen LogP contribution >= 0.6 is 11.6 Å². The lowest BCUT2D eigenvalue weighted by Crippen LogP contribution is -2.64. The minimum Gasteiger partial charge on any atom is -0.339 e. The van der Waals surface area contributed by atoms with Crippen molar-refractivity contribution in [2.24, 2.45) is 0 Å². The summed E-state index contributed by atoms with van der Waals surface area (Å²) in [6, 6.07) is 3.76. The number of halogens is 1. The Bertz CT molecular complexity index is 1080. The molecule has 1 N–H and O–H groups in total. The van der Waals surface area contributed by atoms with Crippen molar-refractivity contribution in [2.75, 3.05) is 54.8 Å². The van der Waals surface area contributed by atoms with Gasteiger partial charge in [-0.1, -0.05) is 18.2 Å². The third-order valence-corrected chi connectivity index (χ3v) is 8.45. The highest BCUT2D eigenvalue weighted by Crippen LogP contribution is 2.48. The Morgan fingerprint density at radius 1 is 1.12 bits per heavy atom. The van der Waals surface area contributed by atoms with E-state index in [1.54, 1.807) is 15.9 Å². The van der Waals surface area contributed by atoms with E-state index < -0.39 is 10.2 Å². The van der Waals surface area contributed by atoms with Crippen molar-refractivity contribution in [2.45, 2.75) is 24.8 Å². The van der Waals surface area contributed by atoms with Crippen molar-refractivity contribution in [1.29, 1.82) is 0 Å². The first-order valence-electron chi connectivity index (χ1n) is 10.8. The first kappa shape index (κ1) is 21.5.